The van der Waals surface area contributed by atoms with Crippen LogP contribution in [-0.2, 0) is 4.79 Å². The fraction of sp³-hybridized carbons (Fsp3) is 0.429. The summed E-state index contributed by atoms with van der Waals surface area (Å²) in [6.07, 6.45) is 1.25. The molecular formula is C14H16BrFN2O3. The number of aryl methyl sites for hydroxylation is 1. The van der Waals surface area contributed by atoms with E-state index in [-0.39, 0.29) is 17.0 Å². The van der Waals surface area contributed by atoms with E-state index in [4.69, 9.17) is 5.11 Å². The summed E-state index contributed by atoms with van der Waals surface area (Å²) in [4.78, 5) is 24.7. The third-order valence-corrected chi connectivity index (χ3v) is 4.17. The van der Waals surface area contributed by atoms with Gasteiger partial charge in [-0.15, -0.1) is 0 Å². The topological polar surface area (TPSA) is 69.6 Å². The number of piperidine rings is 1. The number of rotatable bonds is 2. The molecule has 0 aliphatic carbocycles. The molecule has 2 rings (SSSR count). The van der Waals surface area contributed by atoms with Gasteiger partial charge in [0.25, 0.3) is 0 Å². The quantitative estimate of drug-likeness (QED) is 0.852. The molecule has 5 nitrogen and oxygen atoms in total. The van der Waals surface area contributed by atoms with Crippen LogP contribution in [-0.4, -0.2) is 35.1 Å². The number of carbonyl (C=O) groups excluding carboxylic acids is 1. The molecule has 0 aromatic heterocycles. The first-order chi connectivity index (χ1) is 9.88. The van der Waals surface area contributed by atoms with E-state index < -0.39 is 17.7 Å². The maximum Gasteiger partial charge on any atom is 0.321 e. The second-order valence-electron chi connectivity index (χ2n) is 5.13. The molecule has 1 aromatic rings. The molecule has 2 amide bonds. The average Bonchev–Trinajstić information content (AvgIpc) is 2.44. The number of benzene rings is 1. The molecule has 114 valence electrons. The zero-order chi connectivity index (χ0) is 15.6. The van der Waals surface area contributed by atoms with Crippen molar-refractivity contribution in [3.63, 3.8) is 0 Å². The number of nitrogens with one attached hydrogen (secondary N) is 1. The first-order valence-electron chi connectivity index (χ1n) is 6.63. The number of hydrogen-bond donors (Lipinski definition) is 2. The monoisotopic (exact) mass is 358 g/mol. The molecule has 1 fully saturated rings. The number of nitrogens with zero attached hydrogens (tertiary/aromatic N) is 1. The number of hydrogen-bond acceptors (Lipinski definition) is 2. The average molecular weight is 359 g/mol. The first-order valence-corrected chi connectivity index (χ1v) is 7.42. The molecule has 0 spiro atoms. The summed E-state index contributed by atoms with van der Waals surface area (Å²) < 4.78 is 13.6. The molecule has 0 radical (unpaired) electrons. The number of carboxylic acid groups (broad SMARTS) is 1. The van der Waals surface area contributed by atoms with Crippen molar-refractivity contribution in [3.05, 3.63) is 28.0 Å². The smallest absolute Gasteiger partial charge is 0.321 e. The molecule has 7 heteroatoms. The maximum atomic E-state index is 13.4. The van der Waals surface area contributed by atoms with Crippen LogP contribution in [0.2, 0.25) is 0 Å². The zero-order valence-electron chi connectivity index (χ0n) is 11.5. The van der Waals surface area contributed by atoms with Crippen LogP contribution in [0.1, 0.15) is 18.4 Å². The van der Waals surface area contributed by atoms with Crippen molar-refractivity contribution in [1.82, 2.24) is 4.90 Å². The third-order valence-electron chi connectivity index (χ3n) is 3.57. The summed E-state index contributed by atoms with van der Waals surface area (Å²) in [5.74, 6) is -1.80. The van der Waals surface area contributed by atoms with E-state index >= 15 is 0 Å². The fourth-order valence-corrected chi connectivity index (χ4v) is 2.68. The minimum absolute atomic E-state index is 0.197. The molecular weight excluding hydrogens is 343 g/mol. The molecule has 2 N–H and O–H groups in total. The predicted molar refractivity (Wildman–Crippen MR) is 79.8 cm³/mol. The van der Waals surface area contributed by atoms with Crippen molar-refractivity contribution in [3.8, 4) is 0 Å². The highest BCUT2D eigenvalue weighted by Crippen LogP contribution is 2.25. The molecule has 1 saturated heterocycles. The van der Waals surface area contributed by atoms with E-state index in [0.717, 1.165) is 0 Å². The van der Waals surface area contributed by atoms with Gasteiger partial charge in [0.1, 0.15) is 5.82 Å². The van der Waals surface area contributed by atoms with Gasteiger partial charge in [-0.3, -0.25) is 4.79 Å². The van der Waals surface area contributed by atoms with Crippen LogP contribution in [0, 0.1) is 18.7 Å². The Morgan fingerprint density at radius 3 is 2.86 bits per heavy atom. The number of urea groups is 1. The molecule has 1 aromatic carbocycles. The van der Waals surface area contributed by atoms with Gasteiger partial charge >= 0.3 is 12.0 Å². The van der Waals surface area contributed by atoms with Crippen molar-refractivity contribution in [1.29, 1.82) is 0 Å². The number of aliphatic carboxylic acids is 1. The molecule has 1 unspecified atom stereocenters. The Kier molecular flexibility index (Phi) is 4.82. The molecule has 1 aliphatic heterocycles. The van der Waals surface area contributed by atoms with Gasteiger partial charge in [-0.2, -0.15) is 0 Å². The van der Waals surface area contributed by atoms with Crippen LogP contribution in [0.5, 0.6) is 0 Å². The van der Waals surface area contributed by atoms with Crippen molar-refractivity contribution in [2.24, 2.45) is 5.92 Å². The van der Waals surface area contributed by atoms with Gasteiger partial charge in [0.2, 0.25) is 0 Å². The minimum Gasteiger partial charge on any atom is -0.481 e. The normalized spacial score (nSPS) is 18.4. The van der Waals surface area contributed by atoms with E-state index in [1.807, 2.05) is 0 Å². The van der Waals surface area contributed by atoms with Crippen molar-refractivity contribution in [2.75, 3.05) is 18.4 Å². The summed E-state index contributed by atoms with van der Waals surface area (Å²) >= 11 is 3.08. The summed E-state index contributed by atoms with van der Waals surface area (Å²) in [7, 11) is 0. The Hall–Kier alpha value is -1.63. The second kappa shape index (κ2) is 6.43. The van der Waals surface area contributed by atoms with Crippen LogP contribution in [0.15, 0.2) is 16.6 Å². The van der Waals surface area contributed by atoms with Gasteiger partial charge in [-0.25, -0.2) is 9.18 Å². The highest BCUT2D eigenvalue weighted by atomic mass is 79.9. The highest BCUT2D eigenvalue weighted by Gasteiger charge is 2.28. The Balaban J connectivity index is 2.07. The number of anilines is 1. The Morgan fingerprint density at radius 1 is 1.48 bits per heavy atom. The fourth-order valence-electron chi connectivity index (χ4n) is 2.34. The van der Waals surface area contributed by atoms with Crippen molar-refractivity contribution < 1.29 is 19.1 Å². The number of likely N-dealkylation sites (tertiary alicyclic amines) is 1. The molecule has 21 heavy (non-hydrogen) atoms. The lowest BCUT2D eigenvalue weighted by atomic mass is 9.99. The molecule has 0 saturated carbocycles. The summed E-state index contributed by atoms with van der Waals surface area (Å²) in [6, 6.07) is 2.47. The molecule has 1 heterocycles. The van der Waals surface area contributed by atoms with E-state index in [0.29, 0.717) is 30.6 Å². The van der Waals surface area contributed by atoms with Gasteiger partial charge in [-0.1, -0.05) is 0 Å². The number of halogens is 2. The van der Waals surface area contributed by atoms with Crippen LogP contribution in [0.3, 0.4) is 0 Å². The van der Waals surface area contributed by atoms with E-state index in [1.54, 1.807) is 6.92 Å². The van der Waals surface area contributed by atoms with Gasteiger partial charge in [0.15, 0.2) is 0 Å². The minimum atomic E-state index is -0.881. The lowest BCUT2D eigenvalue weighted by molar-refractivity contribution is -0.143. The van der Waals surface area contributed by atoms with Crippen molar-refractivity contribution >= 4 is 33.6 Å². The Morgan fingerprint density at radius 2 is 2.19 bits per heavy atom. The van der Waals surface area contributed by atoms with Gasteiger partial charge in [0, 0.05) is 18.8 Å². The third kappa shape index (κ3) is 3.72. The Labute approximate surface area is 130 Å². The van der Waals surface area contributed by atoms with Gasteiger partial charge < -0.3 is 15.3 Å². The van der Waals surface area contributed by atoms with Gasteiger partial charge in [-0.05, 0) is 53.4 Å². The van der Waals surface area contributed by atoms with E-state index in [9.17, 15) is 14.0 Å². The number of amides is 2. The number of carbonyl (C=O) groups is 2. The maximum absolute atomic E-state index is 13.4. The van der Waals surface area contributed by atoms with Crippen LogP contribution < -0.4 is 5.32 Å². The molecule has 1 atom stereocenters. The predicted octanol–water partition coefficient (Wildman–Crippen LogP) is 3.23. The van der Waals surface area contributed by atoms with E-state index in [1.165, 1.54) is 17.0 Å². The Bertz CT molecular complexity index is 580. The molecule has 1 aliphatic rings. The molecule has 0 bridgehead atoms. The highest BCUT2D eigenvalue weighted by molar-refractivity contribution is 9.10. The summed E-state index contributed by atoms with van der Waals surface area (Å²) in [6.45, 7) is 2.42. The van der Waals surface area contributed by atoms with Crippen LogP contribution >= 0.6 is 15.9 Å². The summed E-state index contributed by atoms with van der Waals surface area (Å²) in [5.41, 5.74) is 1.11. The first kappa shape index (κ1) is 15.8. The lowest BCUT2D eigenvalue weighted by Gasteiger charge is -2.30. The largest absolute Gasteiger partial charge is 0.481 e. The van der Waals surface area contributed by atoms with Gasteiger partial charge in [0.05, 0.1) is 10.4 Å². The van der Waals surface area contributed by atoms with Crippen molar-refractivity contribution in [2.45, 2.75) is 19.8 Å². The SMILES string of the molecule is Cc1cc(F)c(Br)cc1NC(=O)N1CCCC(C(=O)O)C1. The van der Waals surface area contributed by atoms with Crippen LogP contribution in [0.25, 0.3) is 0 Å². The lowest BCUT2D eigenvalue weighted by Crippen LogP contribution is -2.44. The standard InChI is InChI=1S/C14H16BrFN2O3/c1-8-5-11(16)10(15)6-12(8)17-14(21)18-4-2-3-9(7-18)13(19)20/h5-6,9H,2-4,7H2,1H3,(H,17,21)(H,19,20). The van der Waals surface area contributed by atoms with Crippen LogP contribution in [0.4, 0.5) is 14.9 Å². The zero-order valence-corrected chi connectivity index (χ0v) is 13.1. The number of carboxylic acids is 1. The van der Waals surface area contributed by atoms with E-state index in [2.05, 4.69) is 21.2 Å². The second-order valence-corrected chi connectivity index (χ2v) is 5.99. The summed E-state index contributed by atoms with van der Waals surface area (Å²) in [5, 5.41) is 11.7.